The average Bonchev–Trinajstić information content (AvgIpc) is 3.14. The van der Waals surface area contributed by atoms with E-state index in [9.17, 15) is 9.59 Å². The zero-order valence-electron chi connectivity index (χ0n) is 17.9. The van der Waals surface area contributed by atoms with Gasteiger partial charge in [-0.2, -0.15) is 0 Å². The lowest BCUT2D eigenvalue weighted by Crippen LogP contribution is -2.41. The van der Waals surface area contributed by atoms with Gasteiger partial charge in [-0.05, 0) is 36.6 Å². The number of nitrogens with zero attached hydrogens (tertiary/aromatic N) is 3. The fraction of sp³-hybridized carbons (Fsp3) is 0.333. The van der Waals surface area contributed by atoms with E-state index in [0.717, 1.165) is 29.7 Å². The summed E-state index contributed by atoms with van der Waals surface area (Å²) >= 11 is 7.77. The van der Waals surface area contributed by atoms with Crippen LogP contribution in [0.5, 0.6) is 0 Å². The van der Waals surface area contributed by atoms with Crippen molar-refractivity contribution in [3.8, 4) is 0 Å². The first-order valence-electron chi connectivity index (χ1n) is 10.8. The number of nitrogens with one attached hydrogen (secondary N) is 1. The number of rotatable bonds is 8. The van der Waals surface area contributed by atoms with Gasteiger partial charge in [0.2, 0.25) is 5.91 Å². The molecule has 6 nitrogen and oxygen atoms in total. The van der Waals surface area contributed by atoms with Gasteiger partial charge in [0.05, 0.1) is 5.69 Å². The highest BCUT2D eigenvalue weighted by Gasteiger charge is 2.41. The van der Waals surface area contributed by atoms with E-state index in [1.807, 2.05) is 48.5 Å². The van der Waals surface area contributed by atoms with Gasteiger partial charge in [0.15, 0.2) is 5.17 Å². The maximum atomic E-state index is 13.3. The van der Waals surface area contributed by atoms with Crippen LogP contribution in [0.1, 0.15) is 43.7 Å². The van der Waals surface area contributed by atoms with Crippen LogP contribution in [0.25, 0.3) is 0 Å². The summed E-state index contributed by atoms with van der Waals surface area (Å²) in [5.41, 5.74) is 2.60. The number of carbonyl (C=O) groups excluding carboxylic acids is 2. The van der Waals surface area contributed by atoms with Crippen molar-refractivity contribution < 1.29 is 9.59 Å². The van der Waals surface area contributed by atoms with Crippen molar-refractivity contribution in [2.75, 3.05) is 6.54 Å². The molecule has 0 bridgehead atoms. The zero-order chi connectivity index (χ0) is 22.5. The number of carbonyl (C=O) groups is 2. The molecule has 2 heterocycles. The van der Waals surface area contributed by atoms with Crippen molar-refractivity contribution in [2.45, 2.75) is 44.4 Å². The van der Waals surface area contributed by atoms with E-state index < -0.39 is 6.04 Å². The Hall–Kier alpha value is -2.64. The number of aliphatic imine (C=N–C) groups is 2. The molecule has 1 atom stereocenters. The largest absolute Gasteiger partial charge is 0.356 e. The van der Waals surface area contributed by atoms with Crippen molar-refractivity contribution in [1.29, 1.82) is 0 Å². The highest BCUT2D eigenvalue weighted by molar-refractivity contribution is 8.13. The lowest BCUT2D eigenvalue weighted by atomic mass is 10.1. The molecule has 0 spiro atoms. The Bertz CT molecular complexity index is 1090. The second-order valence-electron chi connectivity index (χ2n) is 7.68. The first kappa shape index (κ1) is 22.6. The van der Waals surface area contributed by atoms with Gasteiger partial charge in [-0.15, -0.1) is 0 Å². The number of hydrogen-bond acceptors (Lipinski definition) is 5. The number of thioether (sulfide) groups is 1. The molecule has 32 heavy (non-hydrogen) atoms. The minimum atomic E-state index is -0.584. The average molecular weight is 469 g/mol. The maximum absolute atomic E-state index is 13.3. The van der Waals surface area contributed by atoms with Crippen LogP contribution in [0.2, 0.25) is 5.02 Å². The third-order valence-corrected chi connectivity index (χ3v) is 6.72. The van der Waals surface area contributed by atoms with E-state index in [0.29, 0.717) is 34.7 Å². The van der Waals surface area contributed by atoms with Crippen LogP contribution in [-0.2, 0) is 15.3 Å². The molecule has 0 saturated heterocycles. The molecule has 2 aliphatic rings. The maximum Gasteiger partial charge on any atom is 0.259 e. The minimum absolute atomic E-state index is 0.0429. The molecule has 2 amide bonds. The van der Waals surface area contributed by atoms with Gasteiger partial charge in [0, 0.05) is 29.3 Å². The zero-order valence-corrected chi connectivity index (χ0v) is 19.5. The summed E-state index contributed by atoms with van der Waals surface area (Å²) in [7, 11) is 0. The molecular formula is C24H25ClN4O2S. The van der Waals surface area contributed by atoms with Crippen molar-refractivity contribution in [3.05, 3.63) is 64.7 Å². The highest BCUT2D eigenvalue weighted by atomic mass is 35.5. The number of para-hydroxylation sites is 1. The molecule has 8 heteroatoms. The molecule has 0 aliphatic carbocycles. The second-order valence-corrected chi connectivity index (χ2v) is 9.03. The predicted molar refractivity (Wildman–Crippen MR) is 131 cm³/mol. The predicted octanol–water partition coefficient (Wildman–Crippen LogP) is 4.93. The first-order valence-corrected chi connectivity index (χ1v) is 12.2. The van der Waals surface area contributed by atoms with E-state index in [4.69, 9.17) is 21.6 Å². The van der Waals surface area contributed by atoms with Gasteiger partial charge < -0.3 is 5.32 Å². The quantitative estimate of drug-likeness (QED) is 0.558. The summed E-state index contributed by atoms with van der Waals surface area (Å²) in [6.45, 7) is 2.74. The van der Waals surface area contributed by atoms with E-state index >= 15 is 0 Å². The molecule has 0 aromatic heterocycles. The smallest absolute Gasteiger partial charge is 0.259 e. The Balaban J connectivity index is 1.52. The lowest BCUT2D eigenvalue weighted by Gasteiger charge is -2.25. The number of benzene rings is 2. The van der Waals surface area contributed by atoms with Gasteiger partial charge in [0.25, 0.3) is 5.91 Å². The monoisotopic (exact) mass is 468 g/mol. The normalized spacial score (nSPS) is 16.9. The fourth-order valence-corrected chi connectivity index (χ4v) is 4.89. The van der Waals surface area contributed by atoms with Gasteiger partial charge in [-0.25, -0.2) is 9.89 Å². The standard InChI is InChI=1S/C24H25ClN4O2S/c1-2-3-14-26-21(30)13-12-20-23(31)29-22(27-20)17-9-5-7-11-19(17)28-24(29)32-15-16-8-4-6-10-18(16)25/h4-11,20H,2-3,12-15H2,1H3,(H,26,30). The highest BCUT2D eigenvalue weighted by Crippen LogP contribution is 2.35. The van der Waals surface area contributed by atoms with E-state index in [1.165, 1.54) is 11.8 Å². The molecule has 0 radical (unpaired) electrons. The van der Waals surface area contributed by atoms with Gasteiger partial charge in [-0.1, -0.05) is 67.0 Å². The van der Waals surface area contributed by atoms with Crippen LogP contribution < -0.4 is 5.32 Å². The molecule has 2 aliphatic heterocycles. The lowest BCUT2D eigenvalue weighted by molar-refractivity contribution is -0.125. The van der Waals surface area contributed by atoms with Crippen molar-refractivity contribution >= 4 is 51.9 Å². The third kappa shape index (κ3) is 4.89. The summed E-state index contributed by atoms with van der Waals surface area (Å²) in [6, 6.07) is 14.7. The summed E-state index contributed by atoms with van der Waals surface area (Å²) in [5, 5.41) is 4.17. The van der Waals surface area contributed by atoms with Crippen molar-refractivity contribution in [3.63, 3.8) is 0 Å². The van der Waals surface area contributed by atoms with Gasteiger partial charge in [-0.3, -0.25) is 14.6 Å². The van der Waals surface area contributed by atoms with Crippen LogP contribution in [0, 0.1) is 0 Å². The molecule has 2 aromatic carbocycles. The van der Waals surface area contributed by atoms with Crippen LogP contribution in [0.15, 0.2) is 58.5 Å². The third-order valence-electron chi connectivity index (χ3n) is 5.36. The second kappa shape index (κ2) is 10.3. The van der Waals surface area contributed by atoms with Crippen LogP contribution >= 0.6 is 23.4 Å². The molecule has 2 aromatic rings. The Labute approximate surface area is 197 Å². The molecule has 4 rings (SSSR count). The van der Waals surface area contributed by atoms with Gasteiger partial charge in [0.1, 0.15) is 11.9 Å². The molecule has 1 unspecified atom stereocenters. The van der Waals surface area contributed by atoms with E-state index in [1.54, 1.807) is 4.90 Å². The number of hydrogen-bond donors (Lipinski definition) is 1. The first-order chi connectivity index (χ1) is 15.6. The summed E-state index contributed by atoms with van der Waals surface area (Å²) in [6.07, 6.45) is 2.62. The number of amidine groups is 2. The Kier molecular flexibility index (Phi) is 7.27. The Morgan fingerprint density at radius 3 is 2.78 bits per heavy atom. The Morgan fingerprint density at radius 2 is 1.97 bits per heavy atom. The summed E-state index contributed by atoms with van der Waals surface area (Å²) in [5.74, 6) is 1.01. The Morgan fingerprint density at radius 1 is 1.19 bits per heavy atom. The van der Waals surface area contributed by atoms with E-state index in [-0.39, 0.29) is 18.2 Å². The minimum Gasteiger partial charge on any atom is -0.356 e. The molecule has 1 N–H and O–H groups in total. The molecule has 166 valence electrons. The van der Waals surface area contributed by atoms with Crippen molar-refractivity contribution in [2.24, 2.45) is 9.98 Å². The van der Waals surface area contributed by atoms with Crippen LogP contribution in [-0.4, -0.2) is 40.3 Å². The van der Waals surface area contributed by atoms with Gasteiger partial charge >= 0.3 is 0 Å². The molecular weight excluding hydrogens is 444 g/mol. The number of unbranched alkanes of at least 4 members (excludes halogenated alkanes) is 1. The summed E-state index contributed by atoms with van der Waals surface area (Å²) in [4.78, 5) is 36.5. The topological polar surface area (TPSA) is 74.1 Å². The molecule has 0 saturated carbocycles. The fourth-order valence-electron chi connectivity index (χ4n) is 3.61. The van der Waals surface area contributed by atoms with Crippen LogP contribution in [0.4, 0.5) is 5.69 Å². The number of fused-ring (bicyclic) bond motifs is 3. The number of halogens is 1. The van der Waals surface area contributed by atoms with E-state index in [2.05, 4.69) is 12.2 Å². The summed E-state index contributed by atoms with van der Waals surface area (Å²) < 4.78 is 0. The molecule has 0 fully saturated rings. The van der Waals surface area contributed by atoms with Crippen LogP contribution in [0.3, 0.4) is 0 Å². The van der Waals surface area contributed by atoms with Crippen molar-refractivity contribution in [1.82, 2.24) is 10.2 Å². The SMILES string of the molecule is CCCCNC(=O)CCC1N=C2c3ccccc3N=C(SCc3ccccc3Cl)N2C1=O. The number of amides is 2.